The molecule has 0 aliphatic heterocycles. The van der Waals surface area contributed by atoms with Gasteiger partial charge in [-0.15, -0.1) is 5.10 Å². The third-order valence-corrected chi connectivity index (χ3v) is 3.21. The van der Waals surface area contributed by atoms with Crippen LogP contribution in [-0.4, -0.2) is 20.9 Å². The van der Waals surface area contributed by atoms with Gasteiger partial charge < -0.3 is 5.32 Å². The summed E-state index contributed by atoms with van der Waals surface area (Å²) in [4.78, 5) is 11.4. The van der Waals surface area contributed by atoms with Crippen molar-refractivity contribution in [3.8, 4) is 5.69 Å². The standard InChI is InChI=1S/C12H16N4OS/c1-2-3-4-12(17)13-7-10-8-16(15-14-10)11-5-6-18-9-11/h5-6,8-9H,2-4,7H2,1H3,(H,13,17). The van der Waals surface area contributed by atoms with Crippen molar-refractivity contribution < 1.29 is 4.79 Å². The molecule has 0 radical (unpaired) electrons. The van der Waals surface area contributed by atoms with E-state index < -0.39 is 0 Å². The van der Waals surface area contributed by atoms with Gasteiger partial charge in [-0.25, -0.2) is 4.68 Å². The summed E-state index contributed by atoms with van der Waals surface area (Å²) >= 11 is 1.61. The van der Waals surface area contributed by atoms with Crippen LogP contribution in [0.3, 0.4) is 0 Å². The number of rotatable bonds is 6. The van der Waals surface area contributed by atoms with Crippen molar-refractivity contribution in [3.05, 3.63) is 28.7 Å². The fourth-order valence-corrected chi connectivity index (χ4v) is 2.13. The Morgan fingerprint density at radius 2 is 2.44 bits per heavy atom. The van der Waals surface area contributed by atoms with E-state index in [1.807, 2.05) is 23.0 Å². The molecule has 0 fully saturated rings. The van der Waals surface area contributed by atoms with Crippen molar-refractivity contribution in [3.63, 3.8) is 0 Å². The van der Waals surface area contributed by atoms with Crippen LogP contribution in [0.15, 0.2) is 23.0 Å². The Morgan fingerprint density at radius 3 is 3.17 bits per heavy atom. The van der Waals surface area contributed by atoms with Gasteiger partial charge in [0.15, 0.2) is 0 Å². The molecule has 2 aromatic rings. The summed E-state index contributed by atoms with van der Waals surface area (Å²) in [5.74, 6) is 0.0712. The molecule has 2 heterocycles. The Bertz CT molecular complexity index is 492. The highest BCUT2D eigenvalue weighted by Crippen LogP contribution is 2.10. The van der Waals surface area contributed by atoms with Crippen LogP contribution in [0, 0.1) is 0 Å². The van der Waals surface area contributed by atoms with E-state index in [9.17, 15) is 4.79 Å². The Kier molecular flexibility index (Phi) is 4.46. The number of hydrogen-bond donors (Lipinski definition) is 1. The molecule has 0 saturated carbocycles. The lowest BCUT2D eigenvalue weighted by Crippen LogP contribution is -2.22. The number of amides is 1. The van der Waals surface area contributed by atoms with Gasteiger partial charge in [-0.2, -0.15) is 11.3 Å². The molecule has 0 saturated heterocycles. The van der Waals surface area contributed by atoms with E-state index in [1.165, 1.54) is 0 Å². The molecule has 2 rings (SSSR count). The normalized spacial score (nSPS) is 10.5. The van der Waals surface area contributed by atoms with Crippen LogP contribution in [0.1, 0.15) is 31.9 Å². The van der Waals surface area contributed by atoms with Gasteiger partial charge in [-0.1, -0.05) is 18.6 Å². The highest BCUT2D eigenvalue weighted by Gasteiger charge is 2.05. The maximum atomic E-state index is 11.4. The van der Waals surface area contributed by atoms with Crippen LogP contribution in [0.25, 0.3) is 5.69 Å². The highest BCUT2D eigenvalue weighted by molar-refractivity contribution is 7.08. The molecule has 0 unspecified atom stereocenters. The van der Waals surface area contributed by atoms with E-state index in [2.05, 4.69) is 22.6 Å². The maximum Gasteiger partial charge on any atom is 0.220 e. The second-order valence-corrected chi connectivity index (χ2v) is 4.80. The number of aromatic nitrogens is 3. The predicted molar refractivity (Wildman–Crippen MR) is 70.6 cm³/mol. The van der Waals surface area contributed by atoms with Crippen LogP contribution in [0.4, 0.5) is 0 Å². The zero-order chi connectivity index (χ0) is 12.8. The smallest absolute Gasteiger partial charge is 0.220 e. The van der Waals surface area contributed by atoms with Crippen molar-refractivity contribution in [2.75, 3.05) is 0 Å². The topological polar surface area (TPSA) is 59.8 Å². The minimum Gasteiger partial charge on any atom is -0.350 e. The number of nitrogens with zero attached hydrogens (tertiary/aromatic N) is 3. The van der Waals surface area contributed by atoms with E-state index in [1.54, 1.807) is 16.0 Å². The summed E-state index contributed by atoms with van der Waals surface area (Å²) < 4.78 is 1.71. The second kappa shape index (κ2) is 6.30. The Morgan fingerprint density at radius 1 is 1.56 bits per heavy atom. The molecule has 0 aliphatic carbocycles. The van der Waals surface area contributed by atoms with Gasteiger partial charge in [-0.3, -0.25) is 4.79 Å². The van der Waals surface area contributed by atoms with Gasteiger partial charge in [0.25, 0.3) is 0 Å². The number of nitrogens with one attached hydrogen (secondary N) is 1. The first kappa shape index (κ1) is 12.8. The van der Waals surface area contributed by atoms with Crippen molar-refractivity contribution in [2.24, 2.45) is 0 Å². The SMILES string of the molecule is CCCCC(=O)NCc1cn(-c2ccsc2)nn1. The van der Waals surface area contributed by atoms with E-state index >= 15 is 0 Å². The van der Waals surface area contributed by atoms with Crippen molar-refractivity contribution in [2.45, 2.75) is 32.7 Å². The van der Waals surface area contributed by atoms with Crippen LogP contribution in [-0.2, 0) is 11.3 Å². The van der Waals surface area contributed by atoms with Gasteiger partial charge >= 0.3 is 0 Å². The van der Waals surface area contributed by atoms with Gasteiger partial charge in [0.2, 0.25) is 5.91 Å². The van der Waals surface area contributed by atoms with Crippen molar-refractivity contribution in [1.82, 2.24) is 20.3 Å². The Balaban J connectivity index is 1.86. The molecule has 1 N–H and O–H groups in total. The number of carbonyl (C=O) groups excluding carboxylic acids is 1. The summed E-state index contributed by atoms with van der Waals surface area (Å²) in [6.07, 6.45) is 4.37. The van der Waals surface area contributed by atoms with Crippen LogP contribution < -0.4 is 5.32 Å². The lowest BCUT2D eigenvalue weighted by Gasteiger charge is -2.01. The average Bonchev–Trinajstić information content (AvgIpc) is 3.03. The fraction of sp³-hybridized carbons (Fsp3) is 0.417. The van der Waals surface area contributed by atoms with Crippen molar-refractivity contribution >= 4 is 17.2 Å². The van der Waals surface area contributed by atoms with Gasteiger partial charge in [-0.05, 0) is 17.9 Å². The lowest BCUT2D eigenvalue weighted by molar-refractivity contribution is -0.121. The molecule has 6 heteroatoms. The van der Waals surface area contributed by atoms with Gasteiger partial charge in [0.1, 0.15) is 5.69 Å². The minimum atomic E-state index is 0.0712. The molecule has 0 bridgehead atoms. The molecular formula is C12H16N4OS. The third kappa shape index (κ3) is 3.40. The zero-order valence-electron chi connectivity index (χ0n) is 10.3. The molecule has 1 amide bonds. The minimum absolute atomic E-state index is 0.0712. The van der Waals surface area contributed by atoms with Gasteiger partial charge in [0, 0.05) is 11.8 Å². The first-order chi connectivity index (χ1) is 8.79. The van der Waals surface area contributed by atoms with E-state index in [-0.39, 0.29) is 5.91 Å². The zero-order valence-corrected chi connectivity index (χ0v) is 11.1. The summed E-state index contributed by atoms with van der Waals surface area (Å²) in [5.41, 5.74) is 1.77. The van der Waals surface area contributed by atoms with Gasteiger partial charge in [0.05, 0.1) is 18.4 Å². The molecule has 5 nitrogen and oxygen atoms in total. The average molecular weight is 264 g/mol. The third-order valence-electron chi connectivity index (χ3n) is 2.54. The first-order valence-corrected chi connectivity index (χ1v) is 6.94. The van der Waals surface area contributed by atoms with Crippen LogP contribution in [0.2, 0.25) is 0 Å². The molecule has 96 valence electrons. The highest BCUT2D eigenvalue weighted by atomic mass is 32.1. The Labute approximate surface area is 110 Å². The summed E-state index contributed by atoms with van der Waals surface area (Å²) in [7, 11) is 0. The number of hydrogen-bond acceptors (Lipinski definition) is 4. The molecule has 2 aromatic heterocycles. The number of thiophene rings is 1. The maximum absolute atomic E-state index is 11.4. The Hall–Kier alpha value is -1.69. The van der Waals surface area contributed by atoms with E-state index in [0.29, 0.717) is 13.0 Å². The summed E-state index contributed by atoms with van der Waals surface area (Å²) in [6, 6.07) is 1.98. The molecule has 0 spiro atoms. The van der Waals surface area contributed by atoms with E-state index in [4.69, 9.17) is 0 Å². The lowest BCUT2D eigenvalue weighted by atomic mass is 10.2. The quantitative estimate of drug-likeness (QED) is 0.869. The number of unbranched alkanes of at least 4 members (excludes halogenated alkanes) is 1. The van der Waals surface area contributed by atoms with Crippen LogP contribution >= 0.6 is 11.3 Å². The predicted octanol–water partition coefficient (Wildman–Crippen LogP) is 2.14. The van der Waals surface area contributed by atoms with Crippen LogP contribution in [0.5, 0.6) is 0 Å². The van der Waals surface area contributed by atoms with E-state index in [0.717, 1.165) is 24.2 Å². The molecule has 0 aliphatic rings. The molecule has 0 aromatic carbocycles. The first-order valence-electron chi connectivity index (χ1n) is 6.00. The second-order valence-electron chi connectivity index (χ2n) is 4.02. The molecule has 18 heavy (non-hydrogen) atoms. The summed E-state index contributed by atoms with van der Waals surface area (Å²) in [6.45, 7) is 2.51. The molecular weight excluding hydrogens is 248 g/mol. The largest absolute Gasteiger partial charge is 0.350 e. The fourth-order valence-electron chi connectivity index (χ4n) is 1.51. The summed E-state index contributed by atoms with van der Waals surface area (Å²) in [5, 5.41) is 14.9. The monoisotopic (exact) mass is 264 g/mol. The number of carbonyl (C=O) groups is 1. The van der Waals surface area contributed by atoms with Crippen molar-refractivity contribution in [1.29, 1.82) is 0 Å². The molecule has 0 atom stereocenters.